The smallest absolute Gasteiger partial charge is 0.0992 e. The minimum absolute atomic E-state index is 0.685. The summed E-state index contributed by atoms with van der Waals surface area (Å²) >= 11 is 3.49. The topological polar surface area (TPSA) is 27.0 Å². The molecule has 2 rings (SSSR count). The first-order valence-electron chi connectivity index (χ1n) is 6.57. The predicted molar refractivity (Wildman–Crippen MR) is 78.7 cm³/mol. The van der Waals surface area contributed by atoms with Crippen LogP contribution in [0.15, 0.2) is 22.7 Å². The highest BCUT2D eigenvalue weighted by Crippen LogP contribution is 2.34. The van der Waals surface area contributed by atoms with E-state index in [9.17, 15) is 0 Å². The van der Waals surface area contributed by atoms with E-state index in [-0.39, 0.29) is 0 Å². The van der Waals surface area contributed by atoms with Crippen LogP contribution in [0.4, 0.5) is 5.69 Å². The van der Waals surface area contributed by atoms with Crippen molar-refractivity contribution in [1.82, 2.24) is 0 Å². The Morgan fingerprint density at radius 2 is 2.11 bits per heavy atom. The molecule has 18 heavy (non-hydrogen) atoms. The zero-order valence-corrected chi connectivity index (χ0v) is 12.6. The lowest BCUT2D eigenvalue weighted by Crippen LogP contribution is -2.27. The van der Waals surface area contributed by atoms with Gasteiger partial charge < -0.3 is 4.90 Å². The first kappa shape index (κ1) is 13.4. The summed E-state index contributed by atoms with van der Waals surface area (Å²) in [6, 6.07) is 8.92. The van der Waals surface area contributed by atoms with Gasteiger partial charge >= 0.3 is 0 Å². The van der Waals surface area contributed by atoms with Crippen molar-refractivity contribution in [2.45, 2.75) is 39.2 Å². The molecular formula is C15H19BrN2. The maximum absolute atomic E-state index is 9.05. The number of nitrogens with zero attached hydrogens (tertiary/aromatic N) is 2. The van der Waals surface area contributed by atoms with Crippen LogP contribution in [0, 0.1) is 17.2 Å². The van der Waals surface area contributed by atoms with Crippen LogP contribution in [0.2, 0.25) is 0 Å². The molecular weight excluding hydrogens is 288 g/mol. The molecule has 0 bridgehead atoms. The summed E-state index contributed by atoms with van der Waals surface area (Å²) in [5.41, 5.74) is 1.92. The largest absolute Gasteiger partial charge is 0.368 e. The van der Waals surface area contributed by atoms with E-state index in [1.165, 1.54) is 24.9 Å². The van der Waals surface area contributed by atoms with Gasteiger partial charge in [0, 0.05) is 22.7 Å². The zero-order valence-electron chi connectivity index (χ0n) is 11.0. The number of hydrogen-bond acceptors (Lipinski definition) is 2. The fraction of sp³-hybridized carbons (Fsp3) is 0.533. The molecule has 0 heterocycles. The van der Waals surface area contributed by atoms with Crippen molar-refractivity contribution in [3.05, 3.63) is 28.2 Å². The summed E-state index contributed by atoms with van der Waals surface area (Å²) in [6.45, 7) is 5.60. The zero-order chi connectivity index (χ0) is 13.1. The Hall–Kier alpha value is -1.01. The van der Waals surface area contributed by atoms with Crippen LogP contribution < -0.4 is 4.90 Å². The van der Waals surface area contributed by atoms with Gasteiger partial charge in [0.25, 0.3) is 0 Å². The standard InChI is InChI=1S/C15H19BrN2/c1-11(2)5-6-18(14-3-4-14)15-8-12(10-17)7-13(16)9-15/h7-9,11,14H,3-6H2,1-2H3. The van der Waals surface area contributed by atoms with Crippen LogP contribution in [0.5, 0.6) is 0 Å². The highest BCUT2D eigenvalue weighted by Gasteiger charge is 2.29. The molecule has 2 nitrogen and oxygen atoms in total. The molecule has 1 saturated carbocycles. The van der Waals surface area contributed by atoms with Gasteiger partial charge in [-0.2, -0.15) is 5.26 Å². The molecule has 1 aromatic rings. The predicted octanol–water partition coefficient (Wildman–Crippen LogP) is 4.34. The van der Waals surface area contributed by atoms with Crippen molar-refractivity contribution in [3.63, 3.8) is 0 Å². The maximum atomic E-state index is 9.05. The van der Waals surface area contributed by atoms with E-state index in [1.807, 2.05) is 12.1 Å². The Bertz CT molecular complexity index is 458. The minimum atomic E-state index is 0.685. The molecule has 1 fully saturated rings. The SMILES string of the molecule is CC(C)CCN(c1cc(Br)cc(C#N)c1)C1CC1. The van der Waals surface area contributed by atoms with Gasteiger partial charge in [0.2, 0.25) is 0 Å². The number of rotatable bonds is 5. The minimum Gasteiger partial charge on any atom is -0.368 e. The molecule has 0 aromatic heterocycles. The van der Waals surface area contributed by atoms with Crippen molar-refractivity contribution in [3.8, 4) is 6.07 Å². The Morgan fingerprint density at radius 3 is 2.67 bits per heavy atom. The van der Waals surface area contributed by atoms with Crippen molar-refractivity contribution >= 4 is 21.6 Å². The quantitative estimate of drug-likeness (QED) is 0.809. The average Bonchev–Trinajstić information content (AvgIpc) is 3.12. The third-order valence-electron chi connectivity index (χ3n) is 3.28. The molecule has 0 spiro atoms. The Balaban J connectivity index is 2.19. The van der Waals surface area contributed by atoms with Gasteiger partial charge in [0.1, 0.15) is 0 Å². The molecule has 1 aliphatic carbocycles. The van der Waals surface area contributed by atoms with Gasteiger partial charge in [-0.15, -0.1) is 0 Å². The third-order valence-corrected chi connectivity index (χ3v) is 3.74. The average molecular weight is 307 g/mol. The highest BCUT2D eigenvalue weighted by atomic mass is 79.9. The third kappa shape index (κ3) is 3.49. The summed E-state index contributed by atoms with van der Waals surface area (Å²) in [4.78, 5) is 2.46. The molecule has 0 saturated heterocycles. The highest BCUT2D eigenvalue weighted by molar-refractivity contribution is 9.10. The first-order chi connectivity index (χ1) is 8.60. The van der Waals surface area contributed by atoms with Crippen LogP contribution in [-0.4, -0.2) is 12.6 Å². The fourth-order valence-corrected chi connectivity index (χ4v) is 2.59. The normalized spacial score (nSPS) is 14.6. The van der Waals surface area contributed by atoms with Gasteiger partial charge in [-0.25, -0.2) is 0 Å². The number of halogens is 1. The molecule has 0 unspecified atom stereocenters. The summed E-state index contributed by atoms with van der Waals surface area (Å²) < 4.78 is 0.992. The van der Waals surface area contributed by atoms with Crippen LogP contribution in [0.1, 0.15) is 38.7 Å². The fourth-order valence-electron chi connectivity index (χ4n) is 2.11. The second-order valence-corrected chi connectivity index (χ2v) is 6.33. The number of benzene rings is 1. The molecule has 96 valence electrons. The van der Waals surface area contributed by atoms with E-state index in [0.717, 1.165) is 16.6 Å². The van der Waals surface area contributed by atoms with Crippen LogP contribution in [0.3, 0.4) is 0 Å². The Kier molecular flexibility index (Phi) is 4.29. The van der Waals surface area contributed by atoms with Crippen molar-refractivity contribution in [2.75, 3.05) is 11.4 Å². The summed E-state index contributed by atoms with van der Waals surface area (Å²) in [7, 11) is 0. The lowest BCUT2D eigenvalue weighted by molar-refractivity contribution is 0.570. The summed E-state index contributed by atoms with van der Waals surface area (Å²) in [5, 5.41) is 9.05. The summed E-state index contributed by atoms with van der Waals surface area (Å²) in [6.07, 6.45) is 3.77. The second kappa shape index (κ2) is 5.75. The Morgan fingerprint density at radius 1 is 1.39 bits per heavy atom. The van der Waals surface area contributed by atoms with Crippen molar-refractivity contribution in [2.24, 2.45) is 5.92 Å². The molecule has 0 radical (unpaired) electrons. The lowest BCUT2D eigenvalue weighted by Gasteiger charge is -2.26. The van der Waals surface area contributed by atoms with Crippen molar-refractivity contribution < 1.29 is 0 Å². The van der Waals surface area contributed by atoms with Gasteiger partial charge in [0.05, 0.1) is 11.6 Å². The number of nitriles is 1. The first-order valence-corrected chi connectivity index (χ1v) is 7.37. The molecule has 3 heteroatoms. The lowest BCUT2D eigenvalue weighted by atomic mass is 10.1. The van der Waals surface area contributed by atoms with Gasteiger partial charge in [-0.05, 0) is 43.4 Å². The van der Waals surface area contributed by atoms with E-state index in [1.54, 1.807) is 0 Å². The molecule has 0 N–H and O–H groups in total. The Labute approximate surface area is 118 Å². The van der Waals surface area contributed by atoms with E-state index >= 15 is 0 Å². The van der Waals surface area contributed by atoms with Crippen LogP contribution in [0.25, 0.3) is 0 Å². The van der Waals surface area contributed by atoms with E-state index in [2.05, 4.69) is 46.8 Å². The number of hydrogen-bond donors (Lipinski definition) is 0. The van der Waals surface area contributed by atoms with Gasteiger partial charge in [-0.3, -0.25) is 0 Å². The van der Waals surface area contributed by atoms with E-state index in [0.29, 0.717) is 12.0 Å². The van der Waals surface area contributed by atoms with Crippen LogP contribution in [-0.2, 0) is 0 Å². The summed E-state index contributed by atoms with van der Waals surface area (Å²) in [5.74, 6) is 0.717. The van der Waals surface area contributed by atoms with Crippen molar-refractivity contribution in [1.29, 1.82) is 5.26 Å². The van der Waals surface area contributed by atoms with E-state index in [4.69, 9.17) is 5.26 Å². The molecule has 0 atom stereocenters. The van der Waals surface area contributed by atoms with E-state index < -0.39 is 0 Å². The molecule has 0 amide bonds. The number of anilines is 1. The van der Waals surface area contributed by atoms with Gasteiger partial charge in [-0.1, -0.05) is 29.8 Å². The van der Waals surface area contributed by atoms with Crippen LogP contribution >= 0.6 is 15.9 Å². The monoisotopic (exact) mass is 306 g/mol. The maximum Gasteiger partial charge on any atom is 0.0992 e. The molecule has 1 aromatic carbocycles. The molecule has 0 aliphatic heterocycles. The second-order valence-electron chi connectivity index (χ2n) is 5.42. The van der Waals surface area contributed by atoms with Gasteiger partial charge in [0.15, 0.2) is 0 Å². The molecule has 1 aliphatic rings.